The van der Waals surface area contributed by atoms with Gasteiger partial charge in [-0.25, -0.2) is 4.79 Å². The molecule has 0 bridgehead atoms. The molecule has 7 heteroatoms. The Morgan fingerprint density at radius 3 is 3.00 bits per heavy atom. The summed E-state index contributed by atoms with van der Waals surface area (Å²) >= 11 is 0. The lowest BCUT2D eigenvalue weighted by Crippen LogP contribution is -2.24. The number of hydrogen-bond donors (Lipinski definition) is 0. The van der Waals surface area contributed by atoms with Crippen LogP contribution < -0.4 is 0 Å². The second-order valence-electron chi connectivity index (χ2n) is 1.98. The van der Waals surface area contributed by atoms with Crippen LogP contribution in [0.2, 0.25) is 0 Å². The minimum atomic E-state index is -1.07. The summed E-state index contributed by atoms with van der Waals surface area (Å²) in [5.41, 5.74) is 0. The molecule has 0 amide bonds. The molecule has 0 aromatic heterocycles. The number of methoxy groups -OCH3 is 1. The van der Waals surface area contributed by atoms with Gasteiger partial charge in [0.15, 0.2) is 0 Å². The molecule has 1 saturated heterocycles. The van der Waals surface area contributed by atoms with Gasteiger partial charge in [-0.05, 0) is 0 Å². The third-order valence-electron chi connectivity index (χ3n) is 1.13. The first-order valence-corrected chi connectivity index (χ1v) is 3.22. The third kappa shape index (κ3) is 2.52. The largest absolute Gasteiger partial charge is 0.716 e. The van der Waals surface area contributed by atoms with Gasteiger partial charge in [0.1, 0.15) is 13.2 Å². The smallest absolute Gasteiger partial charge is 0.483 e. The zero-order valence-corrected chi connectivity index (χ0v) is 6.44. The van der Waals surface area contributed by atoms with Crippen LogP contribution in [0.15, 0.2) is 0 Å². The lowest BCUT2D eigenvalue weighted by Gasteiger charge is -2.02. The predicted octanol–water partition coefficient (Wildman–Crippen LogP) is -1.27. The fourth-order valence-corrected chi connectivity index (χ4v) is 0.589. The fraction of sp³-hybridized carbons (Fsp3) is 0.600. The van der Waals surface area contributed by atoms with E-state index < -0.39 is 19.3 Å². The SMILES string of the molecule is COC(=O)COB1OCC(=O)O1. The minimum absolute atomic E-state index is 0.147. The van der Waals surface area contributed by atoms with Crippen molar-refractivity contribution in [3.63, 3.8) is 0 Å². The molecular formula is C5H7BO6. The Balaban J connectivity index is 2.16. The highest BCUT2D eigenvalue weighted by atomic mass is 16.8. The Morgan fingerprint density at radius 1 is 1.75 bits per heavy atom. The van der Waals surface area contributed by atoms with Crippen LogP contribution in [0, 0.1) is 0 Å². The molecule has 6 nitrogen and oxygen atoms in total. The fourth-order valence-electron chi connectivity index (χ4n) is 0.589. The van der Waals surface area contributed by atoms with E-state index in [-0.39, 0.29) is 13.2 Å². The van der Waals surface area contributed by atoms with Crippen molar-refractivity contribution in [3.8, 4) is 0 Å². The van der Waals surface area contributed by atoms with Gasteiger partial charge < -0.3 is 18.7 Å². The van der Waals surface area contributed by atoms with Crippen molar-refractivity contribution in [2.75, 3.05) is 20.3 Å². The topological polar surface area (TPSA) is 71.1 Å². The van der Waals surface area contributed by atoms with E-state index in [0.29, 0.717) is 0 Å². The zero-order valence-electron chi connectivity index (χ0n) is 6.44. The Hall–Kier alpha value is -1.08. The molecule has 0 aromatic carbocycles. The standard InChI is InChI=1S/C5H7BO6/c1-9-4(7)2-10-6-11-3-5(8)12-6/h2-3H2,1H3. The molecule has 0 radical (unpaired) electrons. The number of ether oxygens (including phenoxy) is 1. The number of carbonyl (C=O) groups is 2. The highest BCUT2D eigenvalue weighted by molar-refractivity contribution is 6.41. The maximum Gasteiger partial charge on any atom is 0.716 e. The number of esters is 1. The first kappa shape index (κ1) is 9.02. The van der Waals surface area contributed by atoms with Crippen molar-refractivity contribution in [1.29, 1.82) is 0 Å². The summed E-state index contributed by atoms with van der Waals surface area (Å²) in [5, 5.41) is 0. The summed E-state index contributed by atoms with van der Waals surface area (Å²) in [5.74, 6) is -1.06. The second kappa shape index (κ2) is 4.08. The van der Waals surface area contributed by atoms with Gasteiger partial charge in [-0.1, -0.05) is 0 Å². The van der Waals surface area contributed by atoms with E-state index in [4.69, 9.17) is 0 Å². The lowest BCUT2D eigenvalue weighted by atomic mass is 10.2. The van der Waals surface area contributed by atoms with Gasteiger partial charge in [0.2, 0.25) is 0 Å². The average molecular weight is 174 g/mol. The molecule has 1 heterocycles. The molecule has 1 aliphatic rings. The van der Waals surface area contributed by atoms with Crippen LogP contribution >= 0.6 is 0 Å². The van der Waals surface area contributed by atoms with Crippen LogP contribution in [0.4, 0.5) is 0 Å². The molecule has 66 valence electrons. The molecule has 0 unspecified atom stereocenters. The summed E-state index contributed by atoms with van der Waals surface area (Å²) in [6.45, 7) is -0.444. The summed E-state index contributed by atoms with van der Waals surface area (Å²) in [6, 6.07) is 0. The summed E-state index contributed by atoms with van der Waals surface area (Å²) < 4.78 is 18.1. The Morgan fingerprint density at radius 2 is 2.50 bits per heavy atom. The Labute approximate surface area is 68.9 Å². The van der Waals surface area contributed by atoms with Crippen molar-refractivity contribution in [2.45, 2.75) is 0 Å². The van der Waals surface area contributed by atoms with Crippen LogP contribution in [-0.4, -0.2) is 39.6 Å². The molecule has 0 aliphatic carbocycles. The quantitative estimate of drug-likeness (QED) is 0.392. The van der Waals surface area contributed by atoms with Crippen molar-refractivity contribution in [3.05, 3.63) is 0 Å². The van der Waals surface area contributed by atoms with Crippen molar-refractivity contribution < 1.29 is 28.3 Å². The molecule has 12 heavy (non-hydrogen) atoms. The van der Waals surface area contributed by atoms with Crippen LogP contribution in [0.25, 0.3) is 0 Å². The molecular weight excluding hydrogens is 167 g/mol. The Bertz CT molecular complexity index is 192. The highest BCUT2D eigenvalue weighted by Gasteiger charge is 2.34. The van der Waals surface area contributed by atoms with E-state index in [9.17, 15) is 9.59 Å². The maximum absolute atomic E-state index is 10.5. The summed E-state index contributed by atoms with van der Waals surface area (Å²) in [4.78, 5) is 20.9. The minimum Gasteiger partial charge on any atom is -0.483 e. The molecule has 1 fully saturated rings. The van der Waals surface area contributed by atoms with Gasteiger partial charge in [-0.3, -0.25) is 4.79 Å². The van der Waals surface area contributed by atoms with E-state index in [1.165, 1.54) is 7.11 Å². The molecule has 1 aliphatic heterocycles. The van der Waals surface area contributed by atoms with E-state index in [0.717, 1.165) is 0 Å². The highest BCUT2D eigenvalue weighted by Crippen LogP contribution is 2.01. The van der Waals surface area contributed by atoms with Crippen molar-refractivity contribution >= 4 is 19.3 Å². The molecule has 0 spiro atoms. The van der Waals surface area contributed by atoms with Gasteiger partial charge in [0, 0.05) is 0 Å². The van der Waals surface area contributed by atoms with Gasteiger partial charge >= 0.3 is 19.3 Å². The van der Waals surface area contributed by atoms with Crippen LogP contribution in [-0.2, 0) is 28.3 Å². The second-order valence-corrected chi connectivity index (χ2v) is 1.98. The summed E-state index contributed by atoms with van der Waals surface area (Å²) in [6.07, 6.45) is 0. The predicted molar refractivity (Wildman–Crippen MR) is 35.8 cm³/mol. The van der Waals surface area contributed by atoms with E-state index in [1.807, 2.05) is 0 Å². The van der Waals surface area contributed by atoms with Crippen LogP contribution in [0.5, 0.6) is 0 Å². The van der Waals surface area contributed by atoms with E-state index in [2.05, 4.69) is 18.7 Å². The summed E-state index contributed by atoms with van der Waals surface area (Å²) in [7, 11) is 0.157. The van der Waals surface area contributed by atoms with Gasteiger partial charge in [0.05, 0.1) is 7.11 Å². The van der Waals surface area contributed by atoms with Gasteiger partial charge in [0.25, 0.3) is 0 Å². The van der Waals surface area contributed by atoms with Gasteiger partial charge in [-0.2, -0.15) is 0 Å². The van der Waals surface area contributed by atoms with Gasteiger partial charge in [-0.15, -0.1) is 0 Å². The number of hydrogen-bond acceptors (Lipinski definition) is 6. The molecule has 0 saturated carbocycles. The number of carbonyl (C=O) groups excluding carboxylic acids is 2. The lowest BCUT2D eigenvalue weighted by molar-refractivity contribution is -0.144. The van der Waals surface area contributed by atoms with Crippen molar-refractivity contribution in [2.24, 2.45) is 0 Å². The number of rotatable bonds is 3. The van der Waals surface area contributed by atoms with Crippen LogP contribution in [0.3, 0.4) is 0 Å². The first-order valence-electron chi connectivity index (χ1n) is 3.22. The maximum atomic E-state index is 10.5. The zero-order chi connectivity index (χ0) is 8.97. The molecule has 0 atom stereocenters. The average Bonchev–Trinajstić information content (AvgIpc) is 2.47. The third-order valence-corrected chi connectivity index (χ3v) is 1.13. The normalized spacial score (nSPS) is 16.1. The van der Waals surface area contributed by atoms with E-state index >= 15 is 0 Å². The molecule has 0 N–H and O–H groups in total. The molecule has 0 aromatic rings. The van der Waals surface area contributed by atoms with Crippen LogP contribution in [0.1, 0.15) is 0 Å². The van der Waals surface area contributed by atoms with E-state index in [1.54, 1.807) is 0 Å². The monoisotopic (exact) mass is 174 g/mol. The Kier molecular flexibility index (Phi) is 3.06. The van der Waals surface area contributed by atoms with Crippen molar-refractivity contribution in [1.82, 2.24) is 0 Å². The molecule has 1 rings (SSSR count). The first-order chi connectivity index (χ1) is 5.72.